The van der Waals surface area contributed by atoms with Gasteiger partial charge in [-0.1, -0.05) is 18.2 Å². The van der Waals surface area contributed by atoms with Gasteiger partial charge in [-0.25, -0.2) is 9.59 Å². The van der Waals surface area contributed by atoms with E-state index < -0.39 is 11.9 Å². The van der Waals surface area contributed by atoms with Gasteiger partial charge in [0.05, 0.1) is 0 Å². The van der Waals surface area contributed by atoms with Gasteiger partial charge >= 0.3 is 11.9 Å². The number of rotatable bonds is 6. The van der Waals surface area contributed by atoms with E-state index in [2.05, 4.69) is 31.9 Å². The summed E-state index contributed by atoms with van der Waals surface area (Å²) < 4.78 is 21.6. The molecule has 0 aliphatic carbocycles. The minimum Gasteiger partial charge on any atom is -0.455 e. The molecular formula is C18H12Br2O6. The van der Waals surface area contributed by atoms with Crippen LogP contribution in [0.2, 0.25) is 0 Å². The molecule has 6 nitrogen and oxygen atoms in total. The van der Waals surface area contributed by atoms with Gasteiger partial charge in [0.25, 0.3) is 0 Å². The van der Waals surface area contributed by atoms with Crippen LogP contribution in [0.5, 0.6) is 0 Å². The smallest absolute Gasteiger partial charge is 0.374 e. The molecule has 8 heteroatoms. The molecule has 0 atom stereocenters. The molecule has 0 saturated carbocycles. The average molecular weight is 484 g/mol. The van der Waals surface area contributed by atoms with Crippen molar-refractivity contribution in [1.29, 1.82) is 0 Å². The average Bonchev–Trinajstić information content (AvgIpc) is 3.26. The highest BCUT2D eigenvalue weighted by Gasteiger charge is 2.13. The van der Waals surface area contributed by atoms with Crippen LogP contribution >= 0.6 is 31.9 Å². The highest BCUT2D eigenvalue weighted by Crippen LogP contribution is 2.17. The lowest BCUT2D eigenvalue weighted by molar-refractivity contribution is 0.0434. The molecule has 0 aliphatic rings. The van der Waals surface area contributed by atoms with Crippen molar-refractivity contribution in [3.63, 3.8) is 0 Å². The van der Waals surface area contributed by atoms with Crippen molar-refractivity contribution < 1.29 is 27.9 Å². The second-order valence-corrected chi connectivity index (χ2v) is 6.74. The van der Waals surface area contributed by atoms with E-state index in [1.54, 1.807) is 36.4 Å². The third kappa shape index (κ3) is 4.86. The van der Waals surface area contributed by atoms with Crippen molar-refractivity contribution in [2.75, 3.05) is 0 Å². The van der Waals surface area contributed by atoms with E-state index in [-0.39, 0.29) is 24.7 Å². The Kier molecular flexibility index (Phi) is 5.95. The first-order valence-corrected chi connectivity index (χ1v) is 9.02. The highest BCUT2D eigenvalue weighted by atomic mass is 79.9. The molecule has 0 fully saturated rings. The van der Waals surface area contributed by atoms with E-state index >= 15 is 0 Å². The number of hydrogen-bond donors (Lipinski definition) is 0. The number of benzene rings is 1. The Hall–Kier alpha value is -2.32. The van der Waals surface area contributed by atoms with Crippen LogP contribution in [-0.4, -0.2) is 11.9 Å². The Bertz CT molecular complexity index is 856. The first-order valence-electron chi connectivity index (χ1n) is 7.44. The quantitative estimate of drug-likeness (QED) is 0.453. The standard InChI is InChI=1S/C18H12Br2O6/c19-15-6-4-13(25-15)17(21)23-9-11-2-1-3-12(8-11)10-24-18(22)14-5-7-16(20)26-14/h1-8H,9-10H2. The fraction of sp³-hybridized carbons (Fsp3) is 0.111. The number of carbonyl (C=O) groups excluding carboxylic acids is 2. The monoisotopic (exact) mass is 482 g/mol. The zero-order valence-corrected chi connectivity index (χ0v) is 16.4. The zero-order valence-electron chi connectivity index (χ0n) is 13.2. The third-order valence-corrected chi connectivity index (χ3v) is 4.13. The SMILES string of the molecule is O=C(OCc1cccc(COC(=O)c2ccc(Br)o2)c1)c1ccc(Br)o1. The van der Waals surface area contributed by atoms with Crippen LogP contribution in [0.25, 0.3) is 0 Å². The summed E-state index contributed by atoms with van der Waals surface area (Å²) in [5.74, 6) is -0.884. The zero-order chi connectivity index (χ0) is 18.5. The Morgan fingerprint density at radius 1 is 0.769 bits per heavy atom. The van der Waals surface area contributed by atoms with Crippen molar-refractivity contribution in [3.05, 3.63) is 80.5 Å². The highest BCUT2D eigenvalue weighted by molar-refractivity contribution is 9.10. The Labute approximate surface area is 165 Å². The largest absolute Gasteiger partial charge is 0.455 e. The maximum atomic E-state index is 11.9. The molecule has 2 heterocycles. The van der Waals surface area contributed by atoms with Crippen LogP contribution in [0, 0.1) is 0 Å². The van der Waals surface area contributed by atoms with E-state index in [9.17, 15) is 9.59 Å². The van der Waals surface area contributed by atoms with Gasteiger partial charge in [-0.05, 0) is 73.3 Å². The molecule has 3 rings (SSSR count). The normalized spacial score (nSPS) is 10.5. The van der Waals surface area contributed by atoms with Crippen LogP contribution in [-0.2, 0) is 22.7 Å². The minimum atomic E-state index is -0.559. The Morgan fingerprint density at radius 3 is 1.62 bits per heavy atom. The number of furan rings is 2. The van der Waals surface area contributed by atoms with Gasteiger partial charge in [0.15, 0.2) is 9.34 Å². The number of esters is 2. The minimum absolute atomic E-state index is 0.0735. The van der Waals surface area contributed by atoms with Crippen LogP contribution in [0.1, 0.15) is 32.2 Å². The van der Waals surface area contributed by atoms with Crippen LogP contribution in [0.15, 0.2) is 66.7 Å². The van der Waals surface area contributed by atoms with E-state index in [1.807, 2.05) is 0 Å². The number of hydrogen-bond acceptors (Lipinski definition) is 6. The number of halogens is 2. The van der Waals surface area contributed by atoms with Gasteiger partial charge < -0.3 is 18.3 Å². The molecular weight excluding hydrogens is 472 g/mol. The van der Waals surface area contributed by atoms with Gasteiger partial charge in [0.2, 0.25) is 11.5 Å². The summed E-state index contributed by atoms with van der Waals surface area (Å²) in [6, 6.07) is 13.5. The van der Waals surface area contributed by atoms with Crippen molar-refractivity contribution >= 4 is 43.8 Å². The van der Waals surface area contributed by atoms with E-state index in [4.69, 9.17) is 18.3 Å². The molecule has 0 unspecified atom stereocenters. The molecule has 134 valence electrons. The maximum absolute atomic E-state index is 11.9. The number of ether oxygens (including phenoxy) is 2. The van der Waals surface area contributed by atoms with E-state index in [1.165, 1.54) is 12.1 Å². The van der Waals surface area contributed by atoms with Crippen LogP contribution in [0.4, 0.5) is 0 Å². The Morgan fingerprint density at radius 2 is 1.23 bits per heavy atom. The first-order chi connectivity index (χ1) is 12.5. The molecule has 3 aromatic rings. The summed E-state index contributed by atoms with van der Waals surface area (Å²) in [5, 5.41) is 0. The lowest BCUT2D eigenvalue weighted by Crippen LogP contribution is -2.06. The fourth-order valence-corrected chi connectivity index (χ4v) is 2.71. The van der Waals surface area contributed by atoms with E-state index in [0.29, 0.717) is 9.34 Å². The van der Waals surface area contributed by atoms with Gasteiger partial charge in [0.1, 0.15) is 13.2 Å². The van der Waals surface area contributed by atoms with Gasteiger partial charge in [-0.2, -0.15) is 0 Å². The summed E-state index contributed by atoms with van der Waals surface area (Å²) in [5.41, 5.74) is 1.52. The van der Waals surface area contributed by atoms with Crippen molar-refractivity contribution in [3.8, 4) is 0 Å². The first kappa shape index (κ1) is 18.5. The van der Waals surface area contributed by atoms with Gasteiger partial charge in [-0.15, -0.1) is 0 Å². The molecule has 0 spiro atoms. The van der Waals surface area contributed by atoms with Crippen LogP contribution in [0.3, 0.4) is 0 Å². The topological polar surface area (TPSA) is 78.9 Å². The summed E-state index contributed by atoms with van der Waals surface area (Å²) in [7, 11) is 0. The van der Waals surface area contributed by atoms with Crippen molar-refractivity contribution in [2.24, 2.45) is 0 Å². The van der Waals surface area contributed by atoms with Crippen molar-refractivity contribution in [2.45, 2.75) is 13.2 Å². The third-order valence-electron chi connectivity index (χ3n) is 3.28. The maximum Gasteiger partial charge on any atom is 0.374 e. The predicted molar refractivity (Wildman–Crippen MR) is 97.5 cm³/mol. The lowest BCUT2D eigenvalue weighted by atomic mass is 10.1. The Balaban J connectivity index is 1.54. The molecule has 0 bridgehead atoms. The summed E-state index contributed by atoms with van der Waals surface area (Å²) in [4.78, 5) is 23.7. The molecule has 0 radical (unpaired) electrons. The fourth-order valence-electron chi connectivity index (χ4n) is 2.10. The number of carbonyl (C=O) groups is 2. The lowest BCUT2D eigenvalue weighted by Gasteiger charge is -2.07. The van der Waals surface area contributed by atoms with E-state index in [0.717, 1.165) is 11.1 Å². The second-order valence-electron chi connectivity index (χ2n) is 5.18. The van der Waals surface area contributed by atoms with Crippen molar-refractivity contribution in [1.82, 2.24) is 0 Å². The molecule has 1 aromatic carbocycles. The van der Waals surface area contributed by atoms with Gasteiger partial charge in [-0.3, -0.25) is 0 Å². The molecule has 0 N–H and O–H groups in total. The summed E-state index contributed by atoms with van der Waals surface area (Å²) in [6.45, 7) is 0.147. The summed E-state index contributed by atoms with van der Waals surface area (Å²) >= 11 is 6.26. The summed E-state index contributed by atoms with van der Waals surface area (Å²) in [6.07, 6.45) is 0. The molecule has 0 amide bonds. The molecule has 26 heavy (non-hydrogen) atoms. The molecule has 2 aromatic heterocycles. The second kappa shape index (κ2) is 8.37. The molecule has 0 aliphatic heterocycles. The molecule has 0 saturated heterocycles. The predicted octanol–water partition coefficient (Wildman–Crippen LogP) is 5.11. The van der Waals surface area contributed by atoms with Gasteiger partial charge in [0, 0.05) is 0 Å². The van der Waals surface area contributed by atoms with Crippen LogP contribution < -0.4 is 0 Å².